The Balaban J connectivity index is 1.71. The van der Waals surface area contributed by atoms with Gasteiger partial charge in [-0.2, -0.15) is 11.8 Å². The van der Waals surface area contributed by atoms with Crippen LogP contribution in [0.3, 0.4) is 0 Å². The number of aryl methyl sites for hydroxylation is 1. The molecule has 2 aromatic rings. The maximum Gasteiger partial charge on any atom is 0.252 e. The van der Waals surface area contributed by atoms with Gasteiger partial charge in [-0.05, 0) is 37.3 Å². The van der Waals surface area contributed by atoms with Gasteiger partial charge >= 0.3 is 0 Å². The highest BCUT2D eigenvalue weighted by molar-refractivity contribution is 7.99. The first-order valence-corrected chi connectivity index (χ1v) is 8.31. The van der Waals surface area contributed by atoms with Gasteiger partial charge in [0.05, 0.1) is 6.54 Å². The Labute approximate surface area is 127 Å². The number of thioether (sulfide) groups is 1. The first-order valence-electron chi connectivity index (χ1n) is 7.15. The quantitative estimate of drug-likeness (QED) is 0.915. The summed E-state index contributed by atoms with van der Waals surface area (Å²) in [6.45, 7) is 2.30. The molecule has 0 radical (unpaired) electrons. The van der Waals surface area contributed by atoms with E-state index in [9.17, 15) is 9.90 Å². The minimum absolute atomic E-state index is 0.289. The molecule has 3 rings (SSSR count). The summed E-state index contributed by atoms with van der Waals surface area (Å²) in [6.07, 6.45) is 1.03. The van der Waals surface area contributed by atoms with Gasteiger partial charge in [-0.3, -0.25) is 4.79 Å². The largest absolute Gasteiger partial charge is 0.459 e. The molecular formula is C16H19NO3S. The summed E-state index contributed by atoms with van der Waals surface area (Å²) in [7, 11) is 0. The monoisotopic (exact) mass is 305 g/mol. The molecule has 1 saturated heterocycles. The van der Waals surface area contributed by atoms with Crippen LogP contribution in [0, 0.1) is 6.92 Å². The third kappa shape index (κ3) is 2.80. The van der Waals surface area contributed by atoms with Gasteiger partial charge in [0.15, 0.2) is 0 Å². The van der Waals surface area contributed by atoms with Crippen molar-refractivity contribution in [2.75, 3.05) is 11.5 Å². The smallest absolute Gasteiger partial charge is 0.252 e. The van der Waals surface area contributed by atoms with Crippen molar-refractivity contribution in [1.82, 2.24) is 5.32 Å². The lowest BCUT2D eigenvalue weighted by atomic mass is 9.96. The first kappa shape index (κ1) is 14.5. The molecule has 1 fully saturated rings. The highest BCUT2D eigenvalue weighted by Crippen LogP contribution is 2.28. The molecule has 1 aliphatic rings. The number of para-hydroxylation sites is 1. The summed E-state index contributed by atoms with van der Waals surface area (Å²) in [5.74, 6) is 2.11. The van der Waals surface area contributed by atoms with Gasteiger partial charge in [0, 0.05) is 10.9 Å². The number of furan rings is 1. The number of hydrogen-bond donors (Lipinski definition) is 2. The Morgan fingerprint density at radius 2 is 2.10 bits per heavy atom. The van der Waals surface area contributed by atoms with E-state index in [1.165, 1.54) is 0 Å². The fourth-order valence-electron chi connectivity index (χ4n) is 2.65. The number of hydrogen-bond acceptors (Lipinski definition) is 4. The molecular weight excluding hydrogens is 286 g/mol. The summed E-state index contributed by atoms with van der Waals surface area (Å²) >= 11 is 1.78. The molecule has 0 saturated carbocycles. The lowest BCUT2D eigenvalue weighted by molar-refractivity contribution is -0.140. The Hall–Kier alpha value is -1.46. The van der Waals surface area contributed by atoms with Gasteiger partial charge in [-0.1, -0.05) is 18.2 Å². The predicted octanol–water partition coefficient (Wildman–Crippen LogP) is 2.62. The SMILES string of the molecule is Cc1c(CNC(=O)C2(O)CCSCC2)oc2ccccc12. The maximum absolute atomic E-state index is 12.2. The van der Waals surface area contributed by atoms with Crippen LogP contribution in [0.25, 0.3) is 11.0 Å². The second-order valence-corrected chi connectivity index (χ2v) is 6.70. The minimum Gasteiger partial charge on any atom is -0.459 e. The first-order chi connectivity index (χ1) is 10.1. The van der Waals surface area contributed by atoms with E-state index >= 15 is 0 Å². The number of carbonyl (C=O) groups is 1. The average Bonchev–Trinajstić information content (AvgIpc) is 2.82. The number of benzene rings is 1. The van der Waals surface area contributed by atoms with Crippen molar-refractivity contribution >= 4 is 28.6 Å². The molecule has 2 heterocycles. The summed E-state index contributed by atoms with van der Waals surface area (Å²) in [4.78, 5) is 12.2. The lowest BCUT2D eigenvalue weighted by Gasteiger charge is -2.30. The number of carbonyl (C=O) groups excluding carboxylic acids is 1. The maximum atomic E-state index is 12.2. The standard InChI is InChI=1S/C16H19NO3S/c1-11-12-4-2-3-5-13(12)20-14(11)10-17-15(18)16(19)6-8-21-9-7-16/h2-5,19H,6-10H2,1H3,(H,17,18). The number of nitrogens with one attached hydrogen (secondary N) is 1. The van der Waals surface area contributed by atoms with Gasteiger partial charge in [-0.25, -0.2) is 0 Å². The Morgan fingerprint density at radius 3 is 2.81 bits per heavy atom. The van der Waals surface area contributed by atoms with E-state index in [-0.39, 0.29) is 5.91 Å². The van der Waals surface area contributed by atoms with Gasteiger partial charge in [0.25, 0.3) is 5.91 Å². The van der Waals surface area contributed by atoms with Crippen LogP contribution in [0.5, 0.6) is 0 Å². The van der Waals surface area contributed by atoms with Crippen LogP contribution in [-0.4, -0.2) is 28.1 Å². The van der Waals surface area contributed by atoms with Crippen molar-refractivity contribution < 1.29 is 14.3 Å². The Morgan fingerprint density at radius 1 is 1.38 bits per heavy atom. The van der Waals surface area contributed by atoms with Gasteiger partial charge in [-0.15, -0.1) is 0 Å². The lowest BCUT2D eigenvalue weighted by Crippen LogP contribution is -2.48. The van der Waals surface area contributed by atoms with Gasteiger partial charge in [0.1, 0.15) is 16.9 Å². The number of rotatable bonds is 3. The summed E-state index contributed by atoms with van der Waals surface area (Å²) in [6, 6.07) is 7.82. The fraction of sp³-hybridized carbons (Fsp3) is 0.438. The van der Waals surface area contributed by atoms with Gasteiger partial charge in [0.2, 0.25) is 0 Å². The molecule has 0 spiro atoms. The van der Waals surface area contributed by atoms with Crippen LogP contribution in [0.1, 0.15) is 24.2 Å². The molecule has 2 N–H and O–H groups in total. The zero-order valence-electron chi connectivity index (χ0n) is 12.0. The van der Waals surface area contributed by atoms with Crippen molar-refractivity contribution in [3.05, 3.63) is 35.6 Å². The third-order valence-corrected chi connectivity index (χ3v) is 5.08. The summed E-state index contributed by atoms with van der Waals surface area (Å²) < 4.78 is 5.77. The van der Waals surface area contributed by atoms with E-state index in [0.29, 0.717) is 19.4 Å². The Bertz CT molecular complexity index is 659. The van der Waals surface area contributed by atoms with E-state index in [0.717, 1.165) is 33.8 Å². The van der Waals surface area contributed by atoms with Crippen molar-refractivity contribution in [3.63, 3.8) is 0 Å². The molecule has 112 valence electrons. The van der Waals surface area contributed by atoms with E-state index in [2.05, 4.69) is 5.32 Å². The molecule has 4 nitrogen and oxygen atoms in total. The molecule has 5 heteroatoms. The van der Waals surface area contributed by atoms with Crippen LogP contribution in [-0.2, 0) is 11.3 Å². The molecule has 21 heavy (non-hydrogen) atoms. The van der Waals surface area contributed by atoms with Crippen LogP contribution in [0.2, 0.25) is 0 Å². The number of amides is 1. The second kappa shape index (κ2) is 5.73. The highest BCUT2D eigenvalue weighted by Gasteiger charge is 2.37. The van der Waals surface area contributed by atoms with Crippen molar-refractivity contribution in [2.24, 2.45) is 0 Å². The topological polar surface area (TPSA) is 62.5 Å². The minimum atomic E-state index is -1.22. The molecule has 1 aromatic carbocycles. The van der Waals surface area contributed by atoms with Crippen LogP contribution in [0.4, 0.5) is 0 Å². The normalized spacial score (nSPS) is 17.8. The van der Waals surface area contributed by atoms with Crippen LogP contribution in [0.15, 0.2) is 28.7 Å². The van der Waals surface area contributed by atoms with E-state index in [4.69, 9.17) is 4.42 Å². The summed E-state index contributed by atoms with van der Waals surface area (Å²) in [5, 5.41) is 14.3. The third-order valence-electron chi connectivity index (χ3n) is 4.09. The molecule has 0 unspecified atom stereocenters. The van der Waals surface area contributed by atoms with Crippen LogP contribution >= 0.6 is 11.8 Å². The molecule has 1 aliphatic heterocycles. The molecule has 0 bridgehead atoms. The Kier molecular flexibility index (Phi) is 3.95. The molecule has 0 aliphatic carbocycles. The second-order valence-electron chi connectivity index (χ2n) is 5.47. The fourth-order valence-corrected chi connectivity index (χ4v) is 3.82. The predicted molar refractivity (Wildman–Crippen MR) is 84.3 cm³/mol. The van der Waals surface area contributed by atoms with E-state index < -0.39 is 5.60 Å². The number of aliphatic hydroxyl groups is 1. The zero-order valence-corrected chi connectivity index (χ0v) is 12.8. The van der Waals surface area contributed by atoms with Crippen molar-refractivity contribution in [2.45, 2.75) is 31.9 Å². The summed E-state index contributed by atoms with van der Waals surface area (Å²) in [5.41, 5.74) is 0.648. The van der Waals surface area contributed by atoms with E-state index in [1.54, 1.807) is 11.8 Å². The van der Waals surface area contributed by atoms with Crippen molar-refractivity contribution in [1.29, 1.82) is 0 Å². The molecule has 1 aromatic heterocycles. The van der Waals surface area contributed by atoms with Crippen molar-refractivity contribution in [3.8, 4) is 0 Å². The number of fused-ring (bicyclic) bond motifs is 1. The highest BCUT2D eigenvalue weighted by atomic mass is 32.2. The van der Waals surface area contributed by atoms with E-state index in [1.807, 2.05) is 31.2 Å². The molecule has 0 atom stereocenters. The average molecular weight is 305 g/mol. The zero-order chi connectivity index (χ0) is 14.9. The molecule has 1 amide bonds. The van der Waals surface area contributed by atoms with Crippen LogP contribution < -0.4 is 5.32 Å². The van der Waals surface area contributed by atoms with Gasteiger partial charge < -0.3 is 14.8 Å².